The molecule has 0 atom stereocenters. The summed E-state index contributed by atoms with van der Waals surface area (Å²) in [6.07, 6.45) is 0. The highest BCUT2D eigenvalue weighted by molar-refractivity contribution is 14.1. The van der Waals surface area contributed by atoms with Crippen LogP contribution in [0.25, 0.3) is 0 Å². The summed E-state index contributed by atoms with van der Waals surface area (Å²) < 4.78 is 6.73. The zero-order chi connectivity index (χ0) is 13.0. The molecule has 0 saturated heterocycles. The van der Waals surface area contributed by atoms with Crippen molar-refractivity contribution in [3.8, 4) is 5.75 Å². The zero-order valence-corrected chi connectivity index (χ0v) is 11.6. The molecule has 2 aromatic rings. The number of carbonyl (C=O) groups is 1. The van der Waals surface area contributed by atoms with E-state index in [1.807, 2.05) is 24.3 Å². The number of benzene rings is 2. The molecule has 0 unspecified atom stereocenters. The highest BCUT2D eigenvalue weighted by Gasteiger charge is 1.97. The second kappa shape index (κ2) is 5.86. The molecule has 2 rings (SSSR count). The minimum atomic E-state index is -1.17. The molecule has 2 aromatic carbocycles. The van der Waals surface area contributed by atoms with Crippen LogP contribution in [0, 0.1) is 3.57 Å². The van der Waals surface area contributed by atoms with Crippen LogP contribution < -0.4 is 9.84 Å². The quantitative estimate of drug-likeness (QED) is 0.793. The number of ether oxygens (including phenoxy) is 1. The molecule has 0 aliphatic carbocycles. The van der Waals surface area contributed by atoms with Crippen LogP contribution >= 0.6 is 22.6 Å². The number of carbonyl (C=O) groups excluding carboxylic acids is 1. The molecule has 0 aromatic heterocycles. The molecule has 0 bridgehead atoms. The maximum atomic E-state index is 10.6. The Bertz CT molecular complexity index is 532. The normalized spacial score (nSPS) is 10.1. The summed E-state index contributed by atoms with van der Waals surface area (Å²) in [6.45, 7) is 0.411. The highest BCUT2D eigenvalue weighted by Crippen LogP contribution is 2.15. The number of rotatable bonds is 4. The first-order chi connectivity index (χ1) is 8.65. The minimum Gasteiger partial charge on any atom is -0.545 e. The smallest absolute Gasteiger partial charge is 0.119 e. The Morgan fingerprint density at radius 3 is 2.22 bits per heavy atom. The standard InChI is InChI=1S/C14H11IO3/c15-12-5-7-13(8-6-12)18-9-10-1-3-11(4-2-10)14(16)17/h1-8H,9H2,(H,16,17)/p-1. The van der Waals surface area contributed by atoms with Gasteiger partial charge in [-0.2, -0.15) is 0 Å². The van der Waals surface area contributed by atoms with Crippen LogP contribution in [0.5, 0.6) is 5.75 Å². The number of carboxylic acid groups (broad SMARTS) is 1. The van der Waals surface area contributed by atoms with Gasteiger partial charge in [0.05, 0.1) is 5.97 Å². The van der Waals surface area contributed by atoms with Gasteiger partial charge in [-0.3, -0.25) is 0 Å². The fourth-order valence-electron chi connectivity index (χ4n) is 1.43. The molecule has 0 radical (unpaired) electrons. The lowest BCUT2D eigenvalue weighted by Gasteiger charge is -2.07. The van der Waals surface area contributed by atoms with E-state index in [-0.39, 0.29) is 5.56 Å². The van der Waals surface area contributed by atoms with E-state index in [2.05, 4.69) is 22.6 Å². The van der Waals surface area contributed by atoms with Gasteiger partial charge in [-0.1, -0.05) is 24.3 Å². The topological polar surface area (TPSA) is 49.4 Å². The number of carboxylic acids is 1. The Morgan fingerprint density at radius 1 is 1.06 bits per heavy atom. The predicted molar refractivity (Wildman–Crippen MR) is 74.3 cm³/mol. The monoisotopic (exact) mass is 353 g/mol. The summed E-state index contributed by atoms with van der Waals surface area (Å²) in [7, 11) is 0. The van der Waals surface area contributed by atoms with Crippen molar-refractivity contribution in [2.75, 3.05) is 0 Å². The maximum Gasteiger partial charge on any atom is 0.119 e. The first-order valence-corrected chi connectivity index (χ1v) is 6.42. The summed E-state index contributed by atoms with van der Waals surface area (Å²) in [5, 5.41) is 10.6. The molecule has 0 amide bonds. The van der Waals surface area contributed by atoms with Crippen LogP contribution in [-0.4, -0.2) is 5.97 Å². The lowest BCUT2D eigenvalue weighted by molar-refractivity contribution is -0.255. The third-order valence-electron chi connectivity index (χ3n) is 2.41. The molecule has 0 aliphatic heterocycles. The van der Waals surface area contributed by atoms with E-state index in [4.69, 9.17) is 4.74 Å². The molecule has 4 heteroatoms. The van der Waals surface area contributed by atoms with E-state index < -0.39 is 5.97 Å². The van der Waals surface area contributed by atoms with Crippen molar-refractivity contribution in [3.63, 3.8) is 0 Å². The Balaban J connectivity index is 1.97. The Hall–Kier alpha value is -1.56. The highest BCUT2D eigenvalue weighted by atomic mass is 127. The van der Waals surface area contributed by atoms with Crippen molar-refractivity contribution in [2.45, 2.75) is 6.61 Å². The average Bonchev–Trinajstić information content (AvgIpc) is 2.38. The molecule has 0 aliphatic rings. The molecular weight excluding hydrogens is 343 g/mol. The van der Waals surface area contributed by atoms with Gasteiger partial charge < -0.3 is 14.6 Å². The van der Waals surface area contributed by atoms with Crippen LogP contribution in [0.4, 0.5) is 0 Å². The van der Waals surface area contributed by atoms with Crippen LogP contribution in [0.15, 0.2) is 48.5 Å². The van der Waals surface area contributed by atoms with Gasteiger partial charge in [-0.25, -0.2) is 0 Å². The molecule has 0 spiro atoms. The summed E-state index contributed by atoms with van der Waals surface area (Å²) >= 11 is 2.23. The summed E-state index contributed by atoms with van der Waals surface area (Å²) in [5.74, 6) is -0.375. The Kier molecular flexibility index (Phi) is 4.19. The summed E-state index contributed by atoms with van der Waals surface area (Å²) in [4.78, 5) is 10.6. The lowest BCUT2D eigenvalue weighted by Crippen LogP contribution is -2.22. The molecular formula is C14H10IO3-. The van der Waals surface area contributed by atoms with Crippen LogP contribution in [-0.2, 0) is 6.61 Å². The molecule has 0 N–H and O–H groups in total. The Morgan fingerprint density at radius 2 is 1.67 bits per heavy atom. The van der Waals surface area contributed by atoms with E-state index in [1.165, 1.54) is 12.1 Å². The predicted octanol–water partition coefficient (Wildman–Crippen LogP) is 2.23. The lowest BCUT2D eigenvalue weighted by atomic mass is 10.1. The molecule has 0 heterocycles. The fourth-order valence-corrected chi connectivity index (χ4v) is 1.79. The number of halogens is 1. The SMILES string of the molecule is O=C([O-])c1ccc(COc2ccc(I)cc2)cc1. The molecule has 18 heavy (non-hydrogen) atoms. The van der Waals surface area contributed by atoms with Crippen molar-refractivity contribution < 1.29 is 14.6 Å². The first-order valence-electron chi connectivity index (χ1n) is 5.34. The number of hydrogen-bond acceptors (Lipinski definition) is 3. The summed E-state index contributed by atoms with van der Waals surface area (Å²) in [6, 6.07) is 14.2. The van der Waals surface area contributed by atoms with Crippen molar-refractivity contribution in [1.82, 2.24) is 0 Å². The van der Waals surface area contributed by atoms with Crippen molar-refractivity contribution in [1.29, 1.82) is 0 Å². The third-order valence-corrected chi connectivity index (χ3v) is 3.13. The Labute approximate surface area is 119 Å². The third kappa shape index (κ3) is 3.46. The second-order valence-corrected chi connectivity index (χ2v) is 4.97. The van der Waals surface area contributed by atoms with E-state index in [0.29, 0.717) is 6.61 Å². The van der Waals surface area contributed by atoms with E-state index in [0.717, 1.165) is 14.9 Å². The maximum absolute atomic E-state index is 10.6. The number of aromatic carboxylic acids is 1. The van der Waals surface area contributed by atoms with Gasteiger partial charge in [-0.05, 0) is 58.0 Å². The second-order valence-electron chi connectivity index (χ2n) is 3.73. The average molecular weight is 353 g/mol. The van der Waals surface area contributed by atoms with Crippen molar-refractivity contribution in [3.05, 3.63) is 63.2 Å². The van der Waals surface area contributed by atoms with Gasteiger partial charge in [0, 0.05) is 3.57 Å². The zero-order valence-electron chi connectivity index (χ0n) is 9.43. The van der Waals surface area contributed by atoms with Gasteiger partial charge in [-0.15, -0.1) is 0 Å². The van der Waals surface area contributed by atoms with Crippen LogP contribution in [0.1, 0.15) is 15.9 Å². The van der Waals surface area contributed by atoms with E-state index in [9.17, 15) is 9.90 Å². The van der Waals surface area contributed by atoms with Gasteiger partial charge in [0.15, 0.2) is 0 Å². The van der Waals surface area contributed by atoms with Crippen LogP contribution in [0.2, 0.25) is 0 Å². The van der Waals surface area contributed by atoms with Gasteiger partial charge >= 0.3 is 0 Å². The van der Waals surface area contributed by atoms with E-state index >= 15 is 0 Å². The van der Waals surface area contributed by atoms with Crippen LogP contribution in [0.3, 0.4) is 0 Å². The minimum absolute atomic E-state index is 0.174. The molecule has 92 valence electrons. The van der Waals surface area contributed by atoms with Crippen molar-refractivity contribution >= 4 is 28.6 Å². The van der Waals surface area contributed by atoms with Gasteiger partial charge in [0.25, 0.3) is 0 Å². The summed E-state index contributed by atoms with van der Waals surface area (Å²) in [5.41, 5.74) is 1.09. The molecule has 0 fully saturated rings. The van der Waals surface area contributed by atoms with Gasteiger partial charge in [0.1, 0.15) is 12.4 Å². The van der Waals surface area contributed by atoms with Crippen molar-refractivity contribution in [2.24, 2.45) is 0 Å². The fraction of sp³-hybridized carbons (Fsp3) is 0.0714. The van der Waals surface area contributed by atoms with E-state index in [1.54, 1.807) is 12.1 Å². The first kappa shape index (κ1) is 12.9. The largest absolute Gasteiger partial charge is 0.545 e. The van der Waals surface area contributed by atoms with Gasteiger partial charge in [0.2, 0.25) is 0 Å². The molecule has 0 saturated carbocycles. The molecule has 3 nitrogen and oxygen atoms in total. The number of hydrogen-bond donors (Lipinski definition) is 0.